The third-order valence-corrected chi connectivity index (χ3v) is 2.11. The second-order valence-electron chi connectivity index (χ2n) is 1.68. The summed E-state index contributed by atoms with van der Waals surface area (Å²) >= 11 is 3.30. The molecule has 0 aromatic heterocycles. The number of nitrogens with zero attached hydrogens (tertiary/aromatic N) is 2. The predicted molar refractivity (Wildman–Crippen MR) is 54.2 cm³/mol. The summed E-state index contributed by atoms with van der Waals surface area (Å²) in [6.45, 7) is 1.03. The lowest BCUT2D eigenvalue weighted by molar-refractivity contribution is 1.18. The fourth-order valence-electron chi connectivity index (χ4n) is 0.472. The van der Waals surface area contributed by atoms with E-state index in [9.17, 15) is 0 Å². The number of hydrogen-bond donors (Lipinski definition) is 1. The largest absolute Gasteiger partial charge is 0.317 e. The summed E-state index contributed by atoms with van der Waals surface area (Å²) in [6, 6.07) is 0. The quantitative estimate of drug-likeness (QED) is 0.584. The van der Waals surface area contributed by atoms with E-state index in [0.29, 0.717) is 0 Å². The summed E-state index contributed by atoms with van der Waals surface area (Å²) in [7, 11) is 0. The lowest BCUT2D eigenvalue weighted by Gasteiger charge is -1.92. The molecule has 11 heavy (non-hydrogen) atoms. The molecule has 0 saturated heterocycles. The van der Waals surface area contributed by atoms with E-state index in [1.165, 1.54) is 17.7 Å². The Morgan fingerprint density at radius 1 is 1.45 bits per heavy atom. The van der Waals surface area contributed by atoms with Crippen LogP contribution in [0.4, 0.5) is 0 Å². The van der Waals surface area contributed by atoms with Gasteiger partial charge in [0.25, 0.3) is 0 Å². The Bertz CT molecular complexity index is 159. The van der Waals surface area contributed by atoms with Gasteiger partial charge in [0.05, 0.1) is 11.9 Å². The van der Waals surface area contributed by atoms with E-state index in [-0.39, 0.29) is 0 Å². The van der Waals surface area contributed by atoms with Crippen molar-refractivity contribution in [3.8, 4) is 0 Å². The van der Waals surface area contributed by atoms with Crippen molar-refractivity contribution < 1.29 is 0 Å². The Hall–Kier alpha value is -0.420. The molecule has 1 N–H and O–H groups in total. The molecular weight excluding hydrogens is 178 g/mol. The minimum absolute atomic E-state index is 1.03. The lowest BCUT2D eigenvalue weighted by atomic mass is 10.8. The summed E-state index contributed by atoms with van der Waals surface area (Å²) in [5.74, 6) is 1.19. The summed E-state index contributed by atoms with van der Waals surface area (Å²) in [5.41, 5.74) is 1.90. The first-order valence-corrected chi connectivity index (χ1v) is 5.11. The molecule has 2 heterocycles. The van der Waals surface area contributed by atoms with E-state index >= 15 is 0 Å². The van der Waals surface area contributed by atoms with Crippen LogP contribution >= 0.6 is 23.7 Å². The van der Waals surface area contributed by atoms with Crippen LogP contribution in [0.5, 0.6) is 0 Å². The Labute approximate surface area is 74.6 Å². The van der Waals surface area contributed by atoms with Crippen LogP contribution in [0, 0.1) is 0 Å². The van der Waals surface area contributed by atoms with Crippen LogP contribution in [0.2, 0.25) is 0 Å². The third kappa shape index (κ3) is 4.92. The van der Waals surface area contributed by atoms with Gasteiger partial charge in [-0.1, -0.05) is 0 Å². The Morgan fingerprint density at radius 2 is 2.45 bits per heavy atom. The predicted octanol–water partition coefficient (Wildman–Crippen LogP) is 1.50. The smallest absolute Gasteiger partial charge is 0.0980 e. The molecule has 2 aliphatic heterocycles. The minimum atomic E-state index is 1.03. The first kappa shape index (κ1) is 8.67. The molecule has 0 atom stereocenters. The summed E-state index contributed by atoms with van der Waals surface area (Å²) in [4.78, 5) is 7.66. The van der Waals surface area contributed by atoms with E-state index in [2.05, 4.69) is 14.7 Å². The molecule has 5 heteroatoms. The normalized spacial score (nSPS) is 18.9. The van der Waals surface area contributed by atoms with E-state index in [1.807, 2.05) is 11.0 Å². The Morgan fingerprint density at radius 3 is 2.64 bits per heavy atom. The molecule has 60 valence electrons. The van der Waals surface area contributed by atoms with Gasteiger partial charge in [-0.15, -0.1) is 11.8 Å². The van der Waals surface area contributed by atoms with Gasteiger partial charge >= 0.3 is 0 Å². The highest BCUT2D eigenvalue weighted by molar-refractivity contribution is 8.12. The van der Waals surface area contributed by atoms with Crippen LogP contribution in [-0.4, -0.2) is 24.2 Å². The third-order valence-electron chi connectivity index (χ3n) is 0.898. The molecule has 2 aliphatic rings. The van der Waals surface area contributed by atoms with E-state index < -0.39 is 0 Å². The van der Waals surface area contributed by atoms with Crippen molar-refractivity contribution in [2.75, 3.05) is 12.3 Å². The van der Waals surface area contributed by atoms with Crippen molar-refractivity contribution in [2.24, 2.45) is 9.98 Å². The molecular formula is C6H9N3S2. The monoisotopic (exact) mass is 187 g/mol. The van der Waals surface area contributed by atoms with Crippen LogP contribution in [-0.2, 0) is 0 Å². The molecule has 0 aromatic carbocycles. The number of rotatable bonds is 0. The maximum absolute atomic E-state index is 3.92. The first-order valence-electron chi connectivity index (χ1n) is 3.18. The molecule has 0 bridgehead atoms. The average Bonchev–Trinajstić information content (AvgIpc) is 2.64. The van der Waals surface area contributed by atoms with Crippen LogP contribution in [0.15, 0.2) is 21.6 Å². The summed E-state index contributed by atoms with van der Waals surface area (Å²) in [5, 5.41) is 1.88. The first-order chi connectivity index (χ1) is 5.50. The Balaban J connectivity index is 0.000000112. The molecule has 0 radical (unpaired) electrons. The molecule has 0 saturated carbocycles. The summed E-state index contributed by atoms with van der Waals surface area (Å²) in [6.07, 6.45) is 3.38. The molecule has 0 aliphatic carbocycles. The van der Waals surface area contributed by atoms with Gasteiger partial charge in [-0.3, -0.25) is 4.99 Å². The Kier molecular flexibility index (Phi) is 4.97. The zero-order valence-corrected chi connectivity index (χ0v) is 7.57. The fraction of sp³-hybridized carbons (Fsp3) is 0.333. The number of aliphatic imine (C=N–C) groups is 2. The maximum Gasteiger partial charge on any atom is 0.0980 e. The van der Waals surface area contributed by atoms with Gasteiger partial charge in [0.1, 0.15) is 0 Å². The highest BCUT2D eigenvalue weighted by Gasteiger charge is 1.86. The molecule has 0 unspecified atom stereocenters. The molecule has 0 amide bonds. The molecule has 0 fully saturated rings. The molecule has 3 nitrogen and oxygen atoms in total. The highest BCUT2D eigenvalue weighted by Crippen LogP contribution is 1.99. The van der Waals surface area contributed by atoms with Crippen LogP contribution in [0.3, 0.4) is 0 Å². The van der Waals surface area contributed by atoms with Crippen molar-refractivity contribution in [2.45, 2.75) is 0 Å². The van der Waals surface area contributed by atoms with E-state index in [1.54, 1.807) is 24.3 Å². The van der Waals surface area contributed by atoms with Gasteiger partial charge in [0.2, 0.25) is 0 Å². The van der Waals surface area contributed by atoms with Crippen molar-refractivity contribution in [1.29, 1.82) is 0 Å². The number of thioether (sulfide) groups is 1. The molecule has 0 spiro atoms. The molecule has 0 aromatic rings. The SMILES string of the molecule is C1=CSNC=N1.C1=NCCS1. The van der Waals surface area contributed by atoms with E-state index in [4.69, 9.17) is 0 Å². The van der Waals surface area contributed by atoms with Gasteiger partial charge in [-0.05, 0) is 11.9 Å². The van der Waals surface area contributed by atoms with Crippen molar-refractivity contribution >= 4 is 35.6 Å². The van der Waals surface area contributed by atoms with Gasteiger partial charge in [-0.25, -0.2) is 4.99 Å². The second kappa shape index (κ2) is 6.30. The number of nitrogens with one attached hydrogen (secondary N) is 1. The van der Waals surface area contributed by atoms with Crippen LogP contribution in [0.1, 0.15) is 0 Å². The second-order valence-corrected chi connectivity index (χ2v) is 3.38. The van der Waals surface area contributed by atoms with Gasteiger partial charge in [0, 0.05) is 23.9 Å². The van der Waals surface area contributed by atoms with Gasteiger partial charge < -0.3 is 4.72 Å². The zero-order valence-electron chi connectivity index (χ0n) is 5.93. The lowest BCUT2D eigenvalue weighted by Crippen LogP contribution is -1.97. The topological polar surface area (TPSA) is 36.8 Å². The van der Waals surface area contributed by atoms with Crippen molar-refractivity contribution in [3.63, 3.8) is 0 Å². The minimum Gasteiger partial charge on any atom is -0.317 e. The van der Waals surface area contributed by atoms with Crippen LogP contribution in [0.25, 0.3) is 0 Å². The number of hydrogen-bond acceptors (Lipinski definition) is 5. The van der Waals surface area contributed by atoms with Gasteiger partial charge in [0.15, 0.2) is 0 Å². The van der Waals surface area contributed by atoms with Crippen molar-refractivity contribution in [3.05, 3.63) is 11.6 Å². The van der Waals surface area contributed by atoms with Crippen molar-refractivity contribution in [1.82, 2.24) is 4.72 Å². The maximum atomic E-state index is 3.92. The zero-order chi connectivity index (χ0) is 7.78. The standard InChI is InChI=1S/C3H4N2S.C3H5NS/c1-2-6-5-3-4-1;1-2-5-3-4-1/h1-3H,(H,4,5);3H,1-2H2. The fourth-order valence-corrected chi connectivity index (χ4v) is 1.33. The average molecular weight is 187 g/mol. The highest BCUT2D eigenvalue weighted by atomic mass is 32.2. The van der Waals surface area contributed by atoms with E-state index in [0.717, 1.165) is 6.54 Å². The molecule has 2 rings (SSSR count). The van der Waals surface area contributed by atoms with Crippen LogP contribution < -0.4 is 4.72 Å². The van der Waals surface area contributed by atoms with Gasteiger partial charge in [-0.2, -0.15) is 0 Å². The summed E-state index contributed by atoms with van der Waals surface area (Å²) < 4.78 is 2.82.